The van der Waals surface area contributed by atoms with E-state index in [9.17, 15) is 9.59 Å². The standard InChI is InChI=1S/C15H16ClNO2/c16-11-6-7-13-12(8-11)14(18)15(19)17(13)9-10-4-2-1-3-5-10/h6-8,10H,1-5,9H2. The Balaban J connectivity index is 1.86. The number of hydrogen-bond acceptors (Lipinski definition) is 2. The molecule has 19 heavy (non-hydrogen) atoms. The number of carbonyl (C=O) groups excluding carboxylic acids is 2. The second-order valence-electron chi connectivity index (χ2n) is 5.41. The fourth-order valence-corrected chi connectivity index (χ4v) is 3.25. The highest BCUT2D eigenvalue weighted by Crippen LogP contribution is 2.34. The molecule has 1 heterocycles. The molecule has 1 aliphatic carbocycles. The van der Waals surface area contributed by atoms with E-state index in [0.29, 0.717) is 23.0 Å². The Hall–Kier alpha value is -1.35. The summed E-state index contributed by atoms with van der Waals surface area (Å²) in [5, 5.41) is 0.499. The van der Waals surface area contributed by atoms with Crippen molar-refractivity contribution in [2.75, 3.05) is 11.4 Å². The second kappa shape index (κ2) is 4.97. The summed E-state index contributed by atoms with van der Waals surface area (Å²) in [4.78, 5) is 25.7. The van der Waals surface area contributed by atoms with E-state index in [4.69, 9.17) is 11.6 Å². The number of hydrogen-bond donors (Lipinski definition) is 0. The molecule has 0 unspecified atom stereocenters. The number of Topliss-reactive ketones (excluding diaryl/α,β-unsaturated/α-hetero) is 1. The first-order valence-corrected chi connectivity index (χ1v) is 7.20. The van der Waals surface area contributed by atoms with Gasteiger partial charge in [0.15, 0.2) is 0 Å². The molecule has 0 bridgehead atoms. The van der Waals surface area contributed by atoms with E-state index >= 15 is 0 Å². The van der Waals surface area contributed by atoms with Gasteiger partial charge in [0.25, 0.3) is 11.7 Å². The zero-order valence-electron chi connectivity index (χ0n) is 10.7. The number of carbonyl (C=O) groups is 2. The lowest BCUT2D eigenvalue weighted by Gasteiger charge is -2.26. The van der Waals surface area contributed by atoms with Crippen LogP contribution in [0.15, 0.2) is 18.2 Å². The zero-order valence-corrected chi connectivity index (χ0v) is 11.4. The molecule has 0 aromatic heterocycles. The van der Waals surface area contributed by atoms with Crippen LogP contribution in [0.5, 0.6) is 0 Å². The van der Waals surface area contributed by atoms with Crippen LogP contribution in [0.1, 0.15) is 42.5 Å². The fraction of sp³-hybridized carbons (Fsp3) is 0.467. The highest BCUT2D eigenvalue weighted by molar-refractivity contribution is 6.52. The van der Waals surface area contributed by atoms with Crippen LogP contribution in [0.25, 0.3) is 0 Å². The normalized spacial score (nSPS) is 19.9. The molecular weight excluding hydrogens is 262 g/mol. The van der Waals surface area contributed by atoms with Crippen molar-refractivity contribution in [2.45, 2.75) is 32.1 Å². The highest BCUT2D eigenvalue weighted by atomic mass is 35.5. The number of amides is 1. The Kier molecular flexibility index (Phi) is 3.31. The second-order valence-corrected chi connectivity index (χ2v) is 5.85. The van der Waals surface area contributed by atoms with Gasteiger partial charge in [-0.25, -0.2) is 0 Å². The smallest absolute Gasteiger partial charge is 0.299 e. The molecule has 0 spiro atoms. The molecule has 1 saturated carbocycles. The number of fused-ring (bicyclic) bond motifs is 1. The number of anilines is 1. The SMILES string of the molecule is O=C1C(=O)N(CC2CCCCC2)c2ccc(Cl)cc21. The maximum atomic E-state index is 12.1. The third kappa shape index (κ3) is 2.27. The van der Waals surface area contributed by atoms with E-state index in [-0.39, 0.29) is 0 Å². The molecule has 0 radical (unpaired) electrons. The first kappa shape index (κ1) is 12.7. The summed E-state index contributed by atoms with van der Waals surface area (Å²) in [6.07, 6.45) is 6.06. The minimum Gasteiger partial charge on any atom is -0.304 e. The summed E-state index contributed by atoms with van der Waals surface area (Å²) in [6, 6.07) is 5.11. The van der Waals surface area contributed by atoms with Crippen LogP contribution >= 0.6 is 11.6 Å². The molecule has 1 aromatic rings. The highest BCUT2D eigenvalue weighted by Gasteiger charge is 2.36. The van der Waals surface area contributed by atoms with Crippen molar-refractivity contribution in [1.29, 1.82) is 0 Å². The van der Waals surface area contributed by atoms with Gasteiger partial charge in [-0.2, -0.15) is 0 Å². The first-order chi connectivity index (χ1) is 9.16. The van der Waals surface area contributed by atoms with Gasteiger partial charge in [0, 0.05) is 11.6 Å². The van der Waals surface area contributed by atoms with Crippen LogP contribution in [-0.2, 0) is 4.79 Å². The molecule has 4 heteroatoms. The van der Waals surface area contributed by atoms with Gasteiger partial charge in [-0.3, -0.25) is 9.59 Å². The van der Waals surface area contributed by atoms with Gasteiger partial charge in [0.05, 0.1) is 11.3 Å². The molecule has 0 atom stereocenters. The van der Waals surface area contributed by atoms with Gasteiger partial charge in [0.2, 0.25) is 0 Å². The summed E-state index contributed by atoms with van der Waals surface area (Å²) in [6.45, 7) is 0.666. The van der Waals surface area contributed by atoms with Crippen molar-refractivity contribution in [3.63, 3.8) is 0 Å². The third-order valence-electron chi connectivity index (χ3n) is 4.10. The topological polar surface area (TPSA) is 37.4 Å². The summed E-state index contributed by atoms with van der Waals surface area (Å²) >= 11 is 5.89. The third-order valence-corrected chi connectivity index (χ3v) is 4.33. The van der Waals surface area contributed by atoms with Gasteiger partial charge in [-0.15, -0.1) is 0 Å². The van der Waals surface area contributed by atoms with Crippen LogP contribution in [0.4, 0.5) is 5.69 Å². The Morgan fingerprint density at radius 2 is 1.89 bits per heavy atom. The lowest BCUT2D eigenvalue weighted by atomic mass is 9.89. The number of benzene rings is 1. The zero-order chi connectivity index (χ0) is 13.4. The number of halogens is 1. The predicted molar refractivity (Wildman–Crippen MR) is 74.7 cm³/mol. The van der Waals surface area contributed by atoms with Gasteiger partial charge in [-0.05, 0) is 37.0 Å². The molecule has 1 fully saturated rings. The maximum absolute atomic E-state index is 12.1. The molecule has 1 amide bonds. The average Bonchev–Trinajstić information content (AvgIpc) is 2.65. The monoisotopic (exact) mass is 277 g/mol. The van der Waals surface area contributed by atoms with Gasteiger partial charge >= 0.3 is 0 Å². The van der Waals surface area contributed by atoms with Gasteiger partial charge < -0.3 is 4.90 Å². The molecule has 1 aliphatic heterocycles. The van der Waals surface area contributed by atoms with Crippen LogP contribution in [-0.4, -0.2) is 18.2 Å². The minimum atomic E-state index is -0.423. The quantitative estimate of drug-likeness (QED) is 0.777. The van der Waals surface area contributed by atoms with Crippen molar-refractivity contribution in [3.8, 4) is 0 Å². The molecule has 0 N–H and O–H groups in total. The first-order valence-electron chi connectivity index (χ1n) is 6.82. The van der Waals surface area contributed by atoms with Gasteiger partial charge in [0.1, 0.15) is 0 Å². The molecule has 1 aromatic carbocycles. The number of ketones is 1. The van der Waals surface area contributed by atoms with Crippen LogP contribution < -0.4 is 4.90 Å². The molecule has 2 aliphatic rings. The Bertz CT molecular complexity index is 535. The summed E-state index contributed by atoms with van der Waals surface area (Å²) in [5.41, 5.74) is 1.18. The van der Waals surface area contributed by atoms with E-state index in [2.05, 4.69) is 0 Å². The fourth-order valence-electron chi connectivity index (χ4n) is 3.08. The lowest BCUT2D eigenvalue weighted by molar-refractivity contribution is -0.114. The van der Waals surface area contributed by atoms with Crippen LogP contribution in [0, 0.1) is 5.92 Å². The van der Waals surface area contributed by atoms with Crippen LogP contribution in [0.3, 0.4) is 0 Å². The molecule has 3 nitrogen and oxygen atoms in total. The van der Waals surface area contributed by atoms with Crippen LogP contribution in [0.2, 0.25) is 5.02 Å². The Morgan fingerprint density at radius 1 is 1.16 bits per heavy atom. The van der Waals surface area contributed by atoms with E-state index in [0.717, 1.165) is 18.5 Å². The van der Waals surface area contributed by atoms with Crippen molar-refractivity contribution in [1.82, 2.24) is 0 Å². The van der Waals surface area contributed by atoms with E-state index in [1.165, 1.54) is 19.3 Å². The summed E-state index contributed by atoms with van der Waals surface area (Å²) in [5.74, 6) is -0.303. The number of rotatable bonds is 2. The van der Waals surface area contributed by atoms with Crippen molar-refractivity contribution in [3.05, 3.63) is 28.8 Å². The van der Waals surface area contributed by atoms with E-state index in [1.807, 2.05) is 0 Å². The summed E-state index contributed by atoms with van der Waals surface area (Å²) < 4.78 is 0. The Morgan fingerprint density at radius 3 is 2.63 bits per heavy atom. The van der Waals surface area contributed by atoms with Crippen molar-refractivity contribution < 1.29 is 9.59 Å². The van der Waals surface area contributed by atoms with E-state index < -0.39 is 11.7 Å². The largest absolute Gasteiger partial charge is 0.304 e. The molecule has 3 rings (SSSR count). The molecule has 0 saturated heterocycles. The van der Waals surface area contributed by atoms with Gasteiger partial charge in [-0.1, -0.05) is 30.9 Å². The minimum absolute atomic E-state index is 0.400. The predicted octanol–water partition coefficient (Wildman–Crippen LogP) is 3.45. The summed E-state index contributed by atoms with van der Waals surface area (Å²) in [7, 11) is 0. The average molecular weight is 278 g/mol. The number of nitrogens with zero attached hydrogens (tertiary/aromatic N) is 1. The van der Waals surface area contributed by atoms with Crippen molar-refractivity contribution in [2.24, 2.45) is 5.92 Å². The van der Waals surface area contributed by atoms with Crippen molar-refractivity contribution >= 4 is 29.0 Å². The molecular formula is C15H16ClNO2. The lowest BCUT2D eigenvalue weighted by Crippen LogP contribution is -2.35. The molecule has 100 valence electrons. The van der Waals surface area contributed by atoms with E-state index in [1.54, 1.807) is 23.1 Å². The Labute approximate surface area is 117 Å². The maximum Gasteiger partial charge on any atom is 0.299 e.